The molecule has 23 heavy (non-hydrogen) atoms. The Hall–Kier alpha value is -1.88. The molecule has 1 saturated heterocycles. The maximum absolute atomic E-state index is 12.4. The molecule has 2 aliphatic rings. The number of amides is 2. The number of carbonyl (C=O) groups is 2. The molecule has 1 aromatic rings. The first-order valence-electron chi connectivity index (χ1n) is 8.35. The Morgan fingerprint density at radius 2 is 1.91 bits per heavy atom. The van der Waals surface area contributed by atoms with Gasteiger partial charge in [0.2, 0.25) is 11.8 Å². The fraction of sp³-hybridized carbons (Fsp3) is 0.556. The van der Waals surface area contributed by atoms with Crippen molar-refractivity contribution in [2.45, 2.75) is 19.9 Å². The maximum Gasteiger partial charge on any atom is 0.226 e. The lowest BCUT2D eigenvalue weighted by Gasteiger charge is -2.32. The molecule has 124 valence electrons. The molecular formula is C18H25N3O2. The molecule has 5 nitrogen and oxygen atoms in total. The Labute approximate surface area is 137 Å². The zero-order valence-corrected chi connectivity index (χ0v) is 13.9. The first kappa shape index (κ1) is 16.0. The third-order valence-corrected chi connectivity index (χ3v) is 4.81. The lowest BCUT2D eigenvalue weighted by atomic mass is 10.1. The fourth-order valence-corrected chi connectivity index (χ4v) is 3.16. The highest BCUT2D eigenvalue weighted by atomic mass is 16.2. The van der Waals surface area contributed by atoms with Crippen LogP contribution in [0.5, 0.6) is 0 Å². The second-order valence-corrected chi connectivity index (χ2v) is 6.78. The quantitative estimate of drug-likeness (QED) is 0.903. The van der Waals surface area contributed by atoms with Crippen molar-refractivity contribution in [2.75, 3.05) is 33.2 Å². The first-order chi connectivity index (χ1) is 11.0. The van der Waals surface area contributed by atoms with Crippen LogP contribution in [0.2, 0.25) is 0 Å². The number of nitrogens with one attached hydrogen (secondary N) is 1. The minimum Gasteiger partial charge on any atom is -0.352 e. The molecule has 2 fully saturated rings. The van der Waals surface area contributed by atoms with Crippen LogP contribution >= 0.6 is 0 Å². The summed E-state index contributed by atoms with van der Waals surface area (Å²) in [6.45, 7) is 5.97. The van der Waals surface area contributed by atoms with E-state index in [-0.39, 0.29) is 23.7 Å². The van der Waals surface area contributed by atoms with Crippen molar-refractivity contribution in [3.8, 4) is 0 Å². The molecule has 0 bridgehead atoms. The van der Waals surface area contributed by atoms with Crippen LogP contribution in [-0.4, -0.2) is 54.8 Å². The standard InChI is InChI=1S/C18H25N3O2/c1-13-4-3-5-14(10-13)12-19-17(22)15-11-16(15)18(23)21-8-6-20(2)7-9-21/h3-5,10,15-16H,6-9,11-12H2,1-2H3,(H,19,22). The average Bonchev–Trinajstić information content (AvgIpc) is 3.33. The van der Waals surface area contributed by atoms with E-state index in [0.717, 1.165) is 31.7 Å². The zero-order valence-electron chi connectivity index (χ0n) is 13.9. The van der Waals surface area contributed by atoms with Crippen LogP contribution in [0, 0.1) is 18.8 Å². The van der Waals surface area contributed by atoms with Gasteiger partial charge in [-0.05, 0) is 26.0 Å². The van der Waals surface area contributed by atoms with Gasteiger partial charge in [-0.2, -0.15) is 0 Å². The van der Waals surface area contributed by atoms with E-state index in [2.05, 4.69) is 23.3 Å². The highest BCUT2D eigenvalue weighted by Crippen LogP contribution is 2.40. The van der Waals surface area contributed by atoms with E-state index in [0.29, 0.717) is 13.0 Å². The number of hydrogen-bond acceptors (Lipinski definition) is 3. The van der Waals surface area contributed by atoms with Crippen molar-refractivity contribution in [1.29, 1.82) is 0 Å². The van der Waals surface area contributed by atoms with Crippen molar-refractivity contribution in [1.82, 2.24) is 15.1 Å². The molecule has 0 spiro atoms. The van der Waals surface area contributed by atoms with Gasteiger partial charge in [0.15, 0.2) is 0 Å². The monoisotopic (exact) mass is 315 g/mol. The summed E-state index contributed by atoms with van der Waals surface area (Å²) >= 11 is 0. The summed E-state index contributed by atoms with van der Waals surface area (Å²) in [5.41, 5.74) is 2.28. The van der Waals surface area contributed by atoms with Gasteiger partial charge >= 0.3 is 0 Å². The number of hydrogen-bond donors (Lipinski definition) is 1. The van der Waals surface area contributed by atoms with Crippen LogP contribution in [-0.2, 0) is 16.1 Å². The summed E-state index contributed by atoms with van der Waals surface area (Å²) in [6, 6.07) is 8.11. The van der Waals surface area contributed by atoms with Gasteiger partial charge < -0.3 is 15.1 Å². The maximum atomic E-state index is 12.4. The van der Waals surface area contributed by atoms with Crippen LogP contribution < -0.4 is 5.32 Å². The predicted octanol–water partition coefficient (Wildman–Crippen LogP) is 1.02. The van der Waals surface area contributed by atoms with E-state index in [1.54, 1.807) is 0 Å². The van der Waals surface area contributed by atoms with Crippen LogP contribution in [0.3, 0.4) is 0 Å². The fourth-order valence-electron chi connectivity index (χ4n) is 3.16. The Kier molecular flexibility index (Phi) is 4.66. The summed E-state index contributed by atoms with van der Waals surface area (Å²) in [6.07, 6.45) is 0.699. The van der Waals surface area contributed by atoms with E-state index >= 15 is 0 Å². The summed E-state index contributed by atoms with van der Waals surface area (Å²) in [5, 5.41) is 2.97. The molecule has 1 N–H and O–H groups in total. The molecule has 5 heteroatoms. The Morgan fingerprint density at radius 3 is 2.61 bits per heavy atom. The van der Waals surface area contributed by atoms with E-state index in [9.17, 15) is 9.59 Å². The second kappa shape index (κ2) is 6.71. The van der Waals surface area contributed by atoms with Gasteiger partial charge in [-0.25, -0.2) is 0 Å². The molecule has 2 unspecified atom stereocenters. The number of piperazine rings is 1. The van der Waals surface area contributed by atoms with Crippen molar-refractivity contribution in [3.05, 3.63) is 35.4 Å². The normalized spacial score (nSPS) is 24.3. The Morgan fingerprint density at radius 1 is 1.17 bits per heavy atom. The molecular weight excluding hydrogens is 290 g/mol. The smallest absolute Gasteiger partial charge is 0.226 e. The molecule has 2 amide bonds. The van der Waals surface area contributed by atoms with Gasteiger partial charge in [-0.1, -0.05) is 29.8 Å². The molecule has 3 rings (SSSR count). The van der Waals surface area contributed by atoms with Crippen molar-refractivity contribution in [3.63, 3.8) is 0 Å². The minimum absolute atomic E-state index is 0.0129. The zero-order chi connectivity index (χ0) is 16.4. The van der Waals surface area contributed by atoms with E-state index in [4.69, 9.17) is 0 Å². The van der Waals surface area contributed by atoms with Gasteiger partial charge in [-0.3, -0.25) is 9.59 Å². The summed E-state index contributed by atoms with van der Waals surface area (Å²) in [5.74, 6) is -0.0596. The lowest BCUT2D eigenvalue weighted by Crippen LogP contribution is -2.48. The molecule has 1 aromatic carbocycles. The molecule has 0 aromatic heterocycles. The van der Waals surface area contributed by atoms with Gasteiger partial charge in [0.1, 0.15) is 0 Å². The summed E-state index contributed by atoms with van der Waals surface area (Å²) in [4.78, 5) is 28.8. The molecule has 1 saturated carbocycles. The highest BCUT2D eigenvalue weighted by molar-refractivity contribution is 5.92. The van der Waals surface area contributed by atoms with Crippen molar-refractivity contribution < 1.29 is 9.59 Å². The first-order valence-corrected chi connectivity index (χ1v) is 8.35. The number of rotatable bonds is 4. The third-order valence-electron chi connectivity index (χ3n) is 4.81. The molecule has 1 aliphatic heterocycles. The number of carbonyl (C=O) groups excluding carboxylic acids is 2. The number of benzene rings is 1. The van der Waals surface area contributed by atoms with Crippen molar-refractivity contribution in [2.24, 2.45) is 11.8 Å². The van der Waals surface area contributed by atoms with Crippen LogP contribution in [0.1, 0.15) is 17.5 Å². The predicted molar refractivity (Wildman–Crippen MR) is 88.7 cm³/mol. The molecule has 1 aliphatic carbocycles. The van der Waals surface area contributed by atoms with Gasteiger partial charge in [-0.15, -0.1) is 0 Å². The van der Waals surface area contributed by atoms with Gasteiger partial charge in [0.25, 0.3) is 0 Å². The van der Waals surface area contributed by atoms with Crippen LogP contribution in [0.15, 0.2) is 24.3 Å². The molecule has 1 heterocycles. The van der Waals surface area contributed by atoms with E-state index in [1.807, 2.05) is 30.0 Å². The average molecular weight is 315 g/mol. The topological polar surface area (TPSA) is 52.7 Å². The minimum atomic E-state index is -0.132. The molecule has 0 radical (unpaired) electrons. The van der Waals surface area contributed by atoms with E-state index in [1.165, 1.54) is 5.56 Å². The number of nitrogens with zero attached hydrogens (tertiary/aromatic N) is 2. The third kappa shape index (κ3) is 3.91. The van der Waals surface area contributed by atoms with Crippen LogP contribution in [0.25, 0.3) is 0 Å². The lowest BCUT2D eigenvalue weighted by molar-refractivity contribution is -0.136. The van der Waals surface area contributed by atoms with Gasteiger partial charge in [0, 0.05) is 32.7 Å². The Balaban J connectivity index is 1.46. The van der Waals surface area contributed by atoms with E-state index < -0.39 is 0 Å². The van der Waals surface area contributed by atoms with Crippen LogP contribution in [0.4, 0.5) is 0 Å². The second-order valence-electron chi connectivity index (χ2n) is 6.78. The highest BCUT2D eigenvalue weighted by Gasteiger charge is 2.49. The van der Waals surface area contributed by atoms with Crippen molar-refractivity contribution >= 4 is 11.8 Å². The van der Waals surface area contributed by atoms with Gasteiger partial charge in [0.05, 0.1) is 11.8 Å². The number of likely N-dealkylation sites (N-methyl/N-ethyl adjacent to an activating group) is 1. The largest absolute Gasteiger partial charge is 0.352 e. The summed E-state index contributed by atoms with van der Waals surface area (Å²) < 4.78 is 0. The summed E-state index contributed by atoms with van der Waals surface area (Å²) in [7, 11) is 2.07. The molecule has 2 atom stereocenters. The Bertz CT molecular complexity index is 594. The number of aryl methyl sites for hydroxylation is 1. The SMILES string of the molecule is Cc1cccc(CNC(=O)C2CC2C(=O)N2CCN(C)CC2)c1.